The van der Waals surface area contributed by atoms with Crippen LogP contribution < -0.4 is 10.6 Å². The number of rotatable bonds is 5. The van der Waals surface area contributed by atoms with E-state index in [9.17, 15) is 0 Å². The third-order valence-electron chi connectivity index (χ3n) is 5.61. The van der Waals surface area contributed by atoms with Crippen LogP contribution in [0.2, 0.25) is 5.02 Å². The number of hydrogen-bond donors (Lipinski definition) is 2. The van der Waals surface area contributed by atoms with Crippen LogP contribution in [0.4, 0.5) is 0 Å². The Morgan fingerprint density at radius 3 is 2.86 bits per heavy atom. The summed E-state index contributed by atoms with van der Waals surface area (Å²) in [5.41, 5.74) is 1.83. The zero-order valence-corrected chi connectivity index (χ0v) is 19.5. The van der Waals surface area contributed by atoms with Crippen LogP contribution in [-0.4, -0.2) is 52.0 Å². The summed E-state index contributed by atoms with van der Waals surface area (Å²) in [6.07, 6.45) is 10.6. The van der Waals surface area contributed by atoms with Gasteiger partial charge in [0.15, 0.2) is 5.96 Å². The molecule has 1 atom stereocenters. The molecule has 1 aliphatic heterocycles. The Kier molecular flexibility index (Phi) is 7.82. The van der Waals surface area contributed by atoms with Gasteiger partial charge in [-0.25, -0.2) is 9.98 Å². The fourth-order valence-electron chi connectivity index (χ4n) is 4.27. The topological polar surface area (TPSA) is 57.0 Å². The standard InChI is InChI=1S/C20H29ClN6.HI/c1-2-22-20(25-16-9-10-26(13-16)18-5-3-4-6-18)23-11-17-14-27-12-15(21)7-8-19(27)24-17;/h7-8,12,14,16,18H,2-6,9-11,13H2,1H3,(H2,22,23,25);1H. The molecular formula is C20H30ClIN6. The molecule has 2 aliphatic rings. The molecule has 2 N–H and O–H groups in total. The van der Waals surface area contributed by atoms with Gasteiger partial charge >= 0.3 is 0 Å². The molecule has 2 fully saturated rings. The molecule has 0 spiro atoms. The number of aromatic nitrogens is 2. The van der Waals surface area contributed by atoms with Crippen molar-refractivity contribution in [1.29, 1.82) is 0 Å². The molecule has 0 amide bonds. The van der Waals surface area contributed by atoms with Gasteiger partial charge in [0.1, 0.15) is 5.65 Å². The number of nitrogens with one attached hydrogen (secondary N) is 2. The molecule has 6 nitrogen and oxygen atoms in total. The Bertz CT molecular complexity index is 801. The maximum Gasteiger partial charge on any atom is 0.191 e. The Balaban J connectivity index is 0.00000225. The SMILES string of the molecule is CCNC(=NCc1cn2cc(Cl)ccc2n1)NC1CCN(C2CCCC2)C1.I. The van der Waals surface area contributed by atoms with E-state index in [1.165, 1.54) is 38.6 Å². The summed E-state index contributed by atoms with van der Waals surface area (Å²) in [7, 11) is 0. The van der Waals surface area contributed by atoms with Gasteiger partial charge in [-0.1, -0.05) is 24.4 Å². The first-order chi connectivity index (χ1) is 13.2. The van der Waals surface area contributed by atoms with Crippen LogP contribution in [0.5, 0.6) is 0 Å². The largest absolute Gasteiger partial charge is 0.357 e. The molecule has 1 saturated carbocycles. The number of nitrogens with zero attached hydrogens (tertiary/aromatic N) is 4. The molecule has 1 saturated heterocycles. The highest BCUT2D eigenvalue weighted by atomic mass is 127. The Morgan fingerprint density at radius 2 is 2.07 bits per heavy atom. The van der Waals surface area contributed by atoms with E-state index in [1.807, 2.05) is 28.9 Å². The number of aliphatic imine (C=N–C) groups is 1. The molecule has 1 unspecified atom stereocenters. The number of pyridine rings is 1. The summed E-state index contributed by atoms with van der Waals surface area (Å²) in [6, 6.07) is 5.07. The lowest BCUT2D eigenvalue weighted by molar-refractivity contribution is 0.242. The van der Waals surface area contributed by atoms with Gasteiger partial charge in [0.25, 0.3) is 0 Å². The van der Waals surface area contributed by atoms with Crippen molar-refractivity contribution in [3.8, 4) is 0 Å². The van der Waals surface area contributed by atoms with E-state index in [4.69, 9.17) is 16.6 Å². The normalized spacial score (nSPS) is 21.2. The molecule has 3 heterocycles. The fourth-order valence-corrected chi connectivity index (χ4v) is 4.44. The Labute approximate surface area is 189 Å². The quantitative estimate of drug-likeness (QED) is 0.362. The zero-order valence-electron chi connectivity index (χ0n) is 16.4. The molecule has 0 radical (unpaired) electrons. The second-order valence-corrected chi connectivity index (χ2v) is 8.04. The third kappa shape index (κ3) is 5.30. The van der Waals surface area contributed by atoms with E-state index in [0.29, 0.717) is 17.6 Å². The van der Waals surface area contributed by atoms with E-state index in [1.54, 1.807) is 0 Å². The van der Waals surface area contributed by atoms with E-state index < -0.39 is 0 Å². The maximum absolute atomic E-state index is 6.05. The molecule has 1 aliphatic carbocycles. The summed E-state index contributed by atoms with van der Waals surface area (Å²) in [5, 5.41) is 7.70. The van der Waals surface area contributed by atoms with Crippen molar-refractivity contribution in [2.75, 3.05) is 19.6 Å². The van der Waals surface area contributed by atoms with Gasteiger partial charge in [-0.05, 0) is 38.3 Å². The summed E-state index contributed by atoms with van der Waals surface area (Å²) in [5.74, 6) is 0.880. The monoisotopic (exact) mass is 516 g/mol. The summed E-state index contributed by atoms with van der Waals surface area (Å²) < 4.78 is 1.95. The number of halogens is 2. The highest BCUT2D eigenvalue weighted by Crippen LogP contribution is 2.26. The highest BCUT2D eigenvalue weighted by molar-refractivity contribution is 14.0. The lowest BCUT2D eigenvalue weighted by atomic mass is 10.2. The highest BCUT2D eigenvalue weighted by Gasteiger charge is 2.30. The van der Waals surface area contributed by atoms with Crippen molar-refractivity contribution >= 4 is 47.2 Å². The third-order valence-corrected chi connectivity index (χ3v) is 5.83. The summed E-state index contributed by atoms with van der Waals surface area (Å²) in [6.45, 7) is 5.83. The predicted molar refractivity (Wildman–Crippen MR) is 126 cm³/mol. The van der Waals surface area contributed by atoms with Crippen LogP contribution in [0.3, 0.4) is 0 Å². The van der Waals surface area contributed by atoms with Gasteiger partial charge in [-0.2, -0.15) is 0 Å². The van der Waals surface area contributed by atoms with Gasteiger partial charge in [-0.3, -0.25) is 4.90 Å². The number of likely N-dealkylation sites (tertiary alicyclic amines) is 1. The minimum absolute atomic E-state index is 0. The van der Waals surface area contributed by atoms with Crippen LogP contribution in [0.1, 0.15) is 44.7 Å². The van der Waals surface area contributed by atoms with E-state index in [0.717, 1.165) is 36.4 Å². The van der Waals surface area contributed by atoms with Crippen LogP contribution >= 0.6 is 35.6 Å². The number of fused-ring (bicyclic) bond motifs is 1. The van der Waals surface area contributed by atoms with E-state index in [2.05, 4.69) is 27.4 Å². The maximum atomic E-state index is 6.05. The van der Waals surface area contributed by atoms with Crippen molar-refractivity contribution in [1.82, 2.24) is 24.9 Å². The molecule has 2 aromatic rings. The van der Waals surface area contributed by atoms with E-state index >= 15 is 0 Å². The summed E-state index contributed by atoms with van der Waals surface area (Å²) in [4.78, 5) is 12.0. The average molecular weight is 517 g/mol. The smallest absolute Gasteiger partial charge is 0.191 e. The zero-order chi connectivity index (χ0) is 18.6. The van der Waals surface area contributed by atoms with Crippen LogP contribution in [0.15, 0.2) is 29.5 Å². The predicted octanol–water partition coefficient (Wildman–Crippen LogP) is 3.68. The lowest BCUT2D eigenvalue weighted by Crippen LogP contribution is -2.45. The second kappa shape index (κ2) is 10.1. The van der Waals surface area contributed by atoms with Crippen LogP contribution in [0, 0.1) is 0 Å². The molecule has 4 rings (SSSR count). The van der Waals surface area contributed by atoms with Crippen molar-refractivity contribution in [2.24, 2.45) is 4.99 Å². The van der Waals surface area contributed by atoms with E-state index in [-0.39, 0.29) is 24.0 Å². The number of imidazole rings is 1. The first-order valence-corrected chi connectivity index (χ1v) is 10.5. The van der Waals surface area contributed by atoms with Gasteiger partial charge in [-0.15, -0.1) is 24.0 Å². The molecule has 0 aromatic carbocycles. The average Bonchev–Trinajstić information content (AvgIpc) is 3.39. The number of guanidine groups is 1. The van der Waals surface area contributed by atoms with Crippen molar-refractivity contribution in [3.63, 3.8) is 0 Å². The Morgan fingerprint density at radius 1 is 1.25 bits per heavy atom. The molecule has 154 valence electrons. The van der Waals surface area contributed by atoms with Gasteiger partial charge < -0.3 is 15.0 Å². The fraction of sp³-hybridized carbons (Fsp3) is 0.600. The second-order valence-electron chi connectivity index (χ2n) is 7.60. The number of hydrogen-bond acceptors (Lipinski definition) is 3. The van der Waals surface area contributed by atoms with Crippen LogP contribution in [0.25, 0.3) is 5.65 Å². The van der Waals surface area contributed by atoms with Crippen LogP contribution in [-0.2, 0) is 6.54 Å². The molecule has 2 aromatic heterocycles. The molecule has 0 bridgehead atoms. The van der Waals surface area contributed by atoms with Gasteiger partial charge in [0.2, 0.25) is 0 Å². The Hall–Kier alpha value is -1.06. The van der Waals surface area contributed by atoms with Crippen molar-refractivity contribution < 1.29 is 0 Å². The first-order valence-electron chi connectivity index (χ1n) is 10.1. The van der Waals surface area contributed by atoms with Crippen molar-refractivity contribution in [3.05, 3.63) is 35.2 Å². The lowest BCUT2D eigenvalue weighted by Gasteiger charge is -2.24. The first kappa shape index (κ1) is 21.6. The molecule has 28 heavy (non-hydrogen) atoms. The van der Waals surface area contributed by atoms with Gasteiger partial charge in [0, 0.05) is 44.1 Å². The minimum Gasteiger partial charge on any atom is -0.357 e. The summed E-state index contributed by atoms with van der Waals surface area (Å²) >= 11 is 6.05. The van der Waals surface area contributed by atoms with Crippen molar-refractivity contribution in [2.45, 2.75) is 57.7 Å². The minimum atomic E-state index is 0. The van der Waals surface area contributed by atoms with Gasteiger partial charge in [0.05, 0.1) is 17.3 Å². The molecule has 8 heteroatoms. The molecular weight excluding hydrogens is 487 g/mol.